The van der Waals surface area contributed by atoms with Gasteiger partial charge in [-0.15, -0.1) is 0 Å². The van der Waals surface area contributed by atoms with Crippen molar-refractivity contribution in [3.63, 3.8) is 0 Å². The fraction of sp³-hybridized carbons (Fsp3) is 0.125. The van der Waals surface area contributed by atoms with Crippen LogP contribution in [-0.4, -0.2) is 65.0 Å². The van der Waals surface area contributed by atoms with Crippen LogP contribution < -0.4 is 0 Å². The van der Waals surface area contributed by atoms with Crippen molar-refractivity contribution in [3.05, 3.63) is 92.0 Å². The molecular formula is C32H22O11. The van der Waals surface area contributed by atoms with Gasteiger partial charge in [-0.25, -0.2) is 0 Å². The summed E-state index contributed by atoms with van der Waals surface area (Å²) in [7, 11) is 0. The number of aryl methyl sites for hydroxylation is 1. The Balaban J connectivity index is 1.70. The molecule has 11 nitrogen and oxygen atoms in total. The van der Waals surface area contributed by atoms with Crippen molar-refractivity contribution in [2.24, 2.45) is 0 Å². The van der Waals surface area contributed by atoms with Crippen LogP contribution in [0.3, 0.4) is 0 Å². The second-order valence-corrected chi connectivity index (χ2v) is 10.7. The predicted octanol–water partition coefficient (Wildman–Crippen LogP) is 3.37. The lowest BCUT2D eigenvalue weighted by atomic mass is 9.74. The second-order valence-electron chi connectivity index (χ2n) is 10.7. The van der Waals surface area contributed by atoms with Gasteiger partial charge in [-0.1, -0.05) is 0 Å². The summed E-state index contributed by atoms with van der Waals surface area (Å²) in [6, 6.07) is 6.44. The highest BCUT2D eigenvalue weighted by Crippen LogP contribution is 2.52. The number of carbonyl (C=O) groups is 4. The van der Waals surface area contributed by atoms with E-state index in [9.17, 15) is 54.9 Å². The molecule has 0 bridgehead atoms. The van der Waals surface area contributed by atoms with Gasteiger partial charge >= 0.3 is 0 Å². The molecule has 0 saturated carbocycles. The molecule has 2 aliphatic carbocycles. The molecule has 0 aliphatic heterocycles. The largest absolute Gasteiger partial charge is 0.507 e. The van der Waals surface area contributed by atoms with Crippen LogP contribution in [-0.2, 0) is 6.42 Å². The first-order chi connectivity index (χ1) is 20.2. The molecule has 4 aromatic carbocycles. The summed E-state index contributed by atoms with van der Waals surface area (Å²) in [5.41, 5.74) is -4.44. The maximum absolute atomic E-state index is 14.1. The number of aliphatic hydroxyl groups is 1. The number of ketones is 4. The Morgan fingerprint density at radius 1 is 0.488 bits per heavy atom. The molecule has 1 unspecified atom stereocenters. The van der Waals surface area contributed by atoms with E-state index in [0.717, 1.165) is 0 Å². The van der Waals surface area contributed by atoms with Crippen molar-refractivity contribution in [1.29, 1.82) is 0 Å². The number of hydrogen-bond acceptors (Lipinski definition) is 11. The zero-order chi connectivity index (χ0) is 31.2. The van der Waals surface area contributed by atoms with Crippen LogP contribution in [0.15, 0.2) is 36.4 Å². The van der Waals surface area contributed by atoms with Gasteiger partial charge in [0.2, 0.25) is 11.6 Å². The second kappa shape index (κ2) is 9.16. The highest BCUT2D eigenvalue weighted by molar-refractivity contribution is 6.35. The van der Waals surface area contributed by atoms with E-state index < -0.39 is 108 Å². The smallest absolute Gasteiger partial charge is 0.201 e. The minimum absolute atomic E-state index is 0.00184. The molecule has 2 aliphatic rings. The first-order valence-electron chi connectivity index (χ1n) is 13.0. The summed E-state index contributed by atoms with van der Waals surface area (Å²) in [6.07, 6.45) is -0.875. The third kappa shape index (κ3) is 3.78. The van der Waals surface area contributed by atoms with Gasteiger partial charge in [-0.2, -0.15) is 0 Å². The van der Waals surface area contributed by atoms with Gasteiger partial charge in [0.15, 0.2) is 11.6 Å². The minimum Gasteiger partial charge on any atom is -0.507 e. The van der Waals surface area contributed by atoms with E-state index in [1.165, 1.54) is 31.2 Å². The molecule has 7 N–H and O–H groups in total. The highest BCUT2D eigenvalue weighted by atomic mass is 16.3. The average Bonchev–Trinajstić information content (AvgIpc) is 2.89. The van der Waals surface area contributed by atoms with E-state index in [1.807, 2.05) is 0 Å². The molecule has 216 valence electrons. The van der Waals surface area contributed by atoms with Crippen molar-refractivity contribution < 1.29 is 54.9 Å². The van der Waals surface area contributed by atoms with Crippen LogP contribution >= 0.6 is 0 Å². The van der Waals surface area contributed by atoms with Crippen molar-refractivity contribution in [3.8, 4) is 45.6 Å². The van der Waals surface area contributed by atoms with E-state index in [2.05, 4.69) is 0 Å². The van der Waals surface area contributed by atoms with Gasteiger partial charge < -0.3 is 35.7 Å². The molecule has 0 spiro atoms. The third-order valence-corrected chi connectivity index (χ3v) is 7.64. The van der Waals surface area contributed by atoms with Crippen LogP contribution in [0.2, 0.25) is 0 Å². The molecule has 11 heteroatoms. The number of carbonyl (C=O) groups excluding carboxylic acids is 4. The van der Waals surface area contributed by atoms with Crippen molar-refractivity contribution in [2.75, 3.05) is 0 Å². The van der Waals surface area contributed by atoms with Gasteiger partial charge in [-0.3, -0.25) is 19.2 Å². The standard InChI is InChI=1S/C32H22O11/c1-10-3-13-21(15(34)4-10)31(42)25-19(38)8-17(36)23(27(25)29(13)40)24-18(37)9-20(39)26-28(24)30(41)14-6-12(5-11(2)33)7-16(35)22(14)32(26)43/h3-4,6-9,11,33-39H,5H2,1-2H3. The predicted molar refractivity (Wildman–Crippen MR) is 149 cm³/mol. The molecule has 0 heterocycles. The van der Waals surface area contributed by atoms with Crippen molar-refractivity contribution >= 4 is 23.1 Å². The van der Waals surface area contributed by atoms with Gasteiger partial charge in [0.1, 0.15) is 34.5 Å². The number of phenolic OH excluding ortho intramolecular Hbond substituents is 6. The van der Waals surface area contributed by atoms with Crippen LogP contribution in [0.25, 0.3) is 11.1 Å². The molecule has 0 radical (unpaired) electrons. The van der Waals surface area contributed by atoms with E-state index >= 15 is 0 Å². The molecule has 0 amide bonds. The first kappa shape index (κ1) is 27.5. The number of hydrogen-bond donors (Lipinski definition) is 7. The zero-order valence-electron chi connectivity index (χ0n) is 22.5. The van der Waals surface area contributed by atoms with Gasteiger partial charge in [-0.05, 0) is 55.7 Å². The van der Waals surface area contributed by atoms with Gasteiger partial charge in [0.25, 0.3) is 0 Å². The molecule has 0 fully saturated rings. The Morgan fingerprint density at radius 2 is 0.884 bits per heavy atom. The van der Waals surface area contributed by atoms with E-state index in [-0.39, 0.29) is 17.5 Å². The molecule has 43 heavy (non-hydrogen) atoms. The zero-order valence-corrected chi connectivity index (χ0v) is 22.5. The molecule has 6 rings (SSSR count). The highest BCUT2D eigenvalue weighted by Gasteiger charge is 2.43. The maximum Gasteiger partial charge on any atom is 0.201 e. The Bertz CT molecular complexity index is 2020. The lowest BCUT2D eigenvalue weighted by Crippen LogP contribution is -2.25. The summed E-state index contributed by atoms with van der Waals surface area (Å²) in [5.74, 6) is -8.41. The van der Waals surface area contributed by atoms with E-state index in [0.29, 0.717) is 23.3 Å². The van der Waals surface area contributed by atoms with Crippen LogP contribution in [0.1, 0.15) is 81.7 Å². The van der Waals surface area contributed by atoms with Gasteiger partial charge in [0.05, 0.1) is 28.4 Å². The van der Waals surface area contributed by atoms with Crippen LogP contribution in [0.4, 0.5) is 0 Å². The Morgan fingerprint density at radius 3 is 1.35 bits per heavy atom. The first-order valence-corrected chi connectivity index (χ1v) is 13.0. The molecular weight excluding hydrogens is 560 g/mol. The number of aliphatic hydroxyl groups excluding tert-OH is 1. The normalized spacial score (nSPS) is 14.2. The number of phenols is 6. The Hall–Kier alpha value is -5.68. The fourth-order valence-corrected chi connectivity index (χ4v) is 6.00. The van der Waals surface area contributed by atoms with Gasteiger partial charge in [0, 0.05) is 45.5 Å². The molecule has 4 aromatic rings. The number of rotatable bonds is 3. The summed E-state index contributed by atoms with van der Waals surface area (Å²) >= 11 is 0. The Kier molecular flexibility index (Phi) is 5.86. The summed E-state index contributed by atoms with van der Waals surface area (Å²) in [5, 5.41) is 74.6. The maximum atomic E-state index is 14.1. The van der Waals surface area contributed by atoms with Crippen molar-refractivity contribution in [1.82, 2.24) is 0 Å². The number of benzene rings is 4. The quantitative estimate of drug-likeness (QED) is 0.161. The fourth-order valence-electron chi connectivity index (χ4n) is 6.00. The third-order valence-electron chi connectivity index (χ3n) is 7.64. The summed E-state index contributed by atoms with van der Waals surface area (Å²) in [4.78, 5) is 55.2. The monoisotopic (exact) mass is 582 g/mol. The Labute approximate surface area is 242 Å². The van der Waals surface area contributed by atoms with Crippen LogP contribution in [0.5, 0.6) is 34.5 Å². The van der Waals surface area contributed by atoms with Crippen molar-refractivity contribution in [2.45, 2.75) is 26.4 Å². The SMILES string of the molecule is Cc1cc(O)c2c(c1)C(=O)c1c(c(O)cc(O)c1-c1c(O)cc(O)c3c1C(=O)c1cc(CC(C)O)cc(O)c1C3=O)C2=O. The van der Waals surface area contributed by atoms with E-state index in [1.54, 1.807) is 6.92 Å². The molecule has 1 atom stereocenters. The average molecular weight is 583 g/mol. The minimum atomic E-state index is -1.01. The molecule has 0 saturated heterocycles. The van der Waals surface area contributed by atoms with Crippen LogP contribution in [0, 0.1) is 6.92 Å². The number of fused-ring (bicyclic) bond motifs is 4. The number of aromatic hydroxyl groups is 6. The topological polar surface area (TPSA) is 210 Å². The molecule has 0 aromatic heterocycles. The summed E-state index contributed by atoms with van der Waals surface area (Å²) in [6.45, 7) is 3.03. The summed E-state index contributed by atoms with van der Waals surface area (Å²) < 4.78 is 0. The van der Waals surface area contributed by atoms with E-state index in [4.69, 9.17) is 0 Å². The lowest BCUT2D eigenvalue weighted by molar-refractivity contribution is 0.0972. The lowest BCUT2D eigenvalue weighted by Gasteiger charge is -2.27.